The van der Waals surface area contributed by atoms with Gasteiger partial charge in [-0.15, -0.1) is 0 Å². The molecule has 2 aromatic rings. The van der Waals surface area contributed by atoms with Crippen LogP contribution in [0.1, 0.15) is 15.9 Å². The molecule has 6 nitrogen and oxygen atoms in total. The first-order valence-electron chi connectivity index (χ1n) is 6.66. The Kier molecular flexibility index (Phi) is 5.19. The zero-order valence-electron chi connectivity index (χ0n) is 12.8. The molecule has 0 aliphatic carbocycles. The van der Waals surface area contributed by atoms with Crippen LogP contribution in [0.2, 0.25) is 0 Å². The standard InChI is InChI=1S/C16H18N2O4/c1-20-14-4-5-15(21-2)11(7-14)9-18-13-6-12(8-17-10-13)16(19)22-3/h4-8,10,18H,9H2,1-3H3. The number of hydrogen-bond acceptors (Lipinski definition) is 6. The number of carbonyl (C=O) groups excluding carboxylic acids is 1. The quantitative estimate of drug-likeness (QED) is 0.827. The first kappa shape index (κ1) is 15.6. The maximum absolute atomic E-state index is 11.5. The molecule has 0 unspecified atom stereocenters. The predicted molar refractivity (Wildman–Crippen MR) is 82.4 cm³/mol. The molecular formula is C16H18N2O4. The first-order valence-corrected chi connectivity index (χ1v) is 6.66. The van der Waals surface area contributed by atoms with Gasteiger partial charge in [0.1, 0.15) is 11.5 Å². The summed E-state index contributed by atoms with van der Waals surface area (Å²) in [6.07, 6.45) is 3.10. The van der Waals surface area contributed by atoms with Crippen LogP contribution in [0.25, 0.3) is 0 Å². The van der Waals surface area contributed by atoms with E-state index in [0.717, 1.165) is 17.1 Å². The number of nitrogens with zero attached hydrogens (tertiary/aromatic N) is 1. The van der Waals surface area contributed by atoms with Crippen LogP contribution in [0.15, 0.2) is 36.7 Å². The summed E-state index contributed by atoms with van der Waals surface area (Å²) >= 11 is 0. The number of ether oxygens (including phenoxy) is 3. The van der Waals surface area contributed by atoms with Crippen molar-refractivity contribution in [2.45, 2.75) is 6.54 Å². The zero-order valence-corrected chi connectivity index (χ0v) is 12.8. The van der Waals surface area contributed by atoms with Gasteiger partial charge in [0, 0.05) is 24.5 Å². The van der Waals surface area contributed by atoms with Crippen LogP contribution < -0.4 is 14.8 Å². The van der Waals surface area contributed by atoms with Crippen molar-refractivity contribution in [3.05, 3.63) is 47.8 Å². The average molecular weight is 302 g/mol. The molecular weight excluding hydrogens is 284 g/mol. The summed E-state index contributed by atoms with van der Waals surface area (Å²) in [6, 6.07) is 7.26. The number of esters is 1. The number of anilines is 1. The summed E-state index contributed by atoms with van der Waals surface area (Å²) in [5, 5.41) is 3.20. The summed E-state index contributed by atoms with van der Waals surface area (Å²) in [4.78, 5) is 15.5. The number of nitrogens with one attached hydrogen (secondary N) is 1. The summed E-state index contributed by atoms with van der Waals surface area (Å²) in [5.41, 5.74) is 2.04. The number of rotatable bonds is 6. The molecule has 0 aliphatic heterocycles. The zero-order chi connectivity index (χ0) is 15.9. The number of methoxy groups -OCH3 is 3. The lowest BCUT2D eigenvalue weighted by molar-refractivity contribution is 0.0600. The number of carbonyl (C=O) groups is 1. The lowest BCUT2D eigenvalue weighted by atomic mass is 10.2. The molecule has 2 rings (SSSR count). The van der Waals surface area contributed by atoms with Crippen molar-refractivity contribution < 1.29 is 19.0 Å². The van der Waals surface area contributed by atoms with Gasteiger partial charge in [0.25, 0.3) is 0 Å². The highest BCUT2D eigenvalue weighted by atomic mass is 16.5. The molecule has 6 heteroatoms. The summed E-state index contributed by atoms with van der Waals surface area (Å²) < 4.78 is 15.2. The molecule has 0 saturated heterocycles. The van der Waals surface area contributed by atoms with Gasteiger partial charge in [0.15, 0.2) is 0 Å². The van der Waals surface area contributed by atoms with Crippen molar-refractivity contribution in [1.82, 2.24) is 4.98 Å². The van der Waals surface area contributed by atoms with Crippen LogP contribution in [-0.4, -0.2) is 32.3 Å². The van der Waals surface area contributed by atoms with E-state index in [2.05, 4.69) is 15.0 Å². The van der Waals surface area contributed by atoms with Gasteiger partial charge < -0.3 is 19.5 Å². The normalized spacial score (nSPS) is 9.95. The monoisotopic (exact) mass is 302 g/mol. The van der Waals surface area contributed by atoms with Crippen molar-refractivity contribution in [2.24, 2.45) is 0 Å². The van der Waals surface area contributed by atoms with E-state index >= 15 is 0 Å². The molecule has 0 aliphatic rings. The smallest absolute Gasteiger partial charge is 0.339 e. The third-order valence-electron chi connectivity index (χ3n) is 3.13. The van der Waals surface area contributed by atoms with Crippen LogP contribution in [-0.2, 0) is 11.3 Å². The fourth-order valence-corrected chi connectivity index (χ4v) is 1.98. The minimum absolute atomic E-state index is 0.394. The van der Waals surface area contributed by atoms with Gasteiger partial charge in [0.2, 0.25) is 0 Å². The SMILES string of the molecule is COC(=O)c1cncc(NCc2cc(OC)ccc2OC)c1. The molecule has 0 bridgehead atoms. The van der Waals surface area contributed by atoms with Gasteiger partial charge in [-0.1, -0.05) is 0 Å². The van der Waals surface area contributed by atoms with Crippen LogP contribution in [0.4, 0.5) is 5.69 Å². The molecule has 0 saturated carbocycles. The van der Waals surface area contributed by atoms with Gasteiger partial charge in [-0.05, 0) is 24.3 Å². The van der Waals surface area contributed by atoms with E-state index in [0.29, 0.717) is 17.8 Å². The van der Waals surface area contributed by atoms with Gasteiger partial charge in [-0.2, -0.15) is 0 Å². The highest BCUT2D eigenvalue weighted by Crippen LogP contribution is 2.24. The second-order valence-electron chi connectivity index (χ2n) is 4.49. The van der Waals surface area contributed by atoms with E-state index in [1.165, 1.54) is 13.3 Å². The molecule has 1 aromatic heterocycles. The lowest BCUT2D eigenvalue weighted by Crippen LogP contribution is -2.05. The summed E-state index contributed by atoms with van der Waals surface area (Å²) in [7, 11) is 4.57. The van der Waals surface area contributed by atoms with E-state index in [1.54, 1.807) is 26.5 Å². The van der Waals surface area contributed by atoms with Crippen molar-refractivity contribution in [3.8, 4) is 11.5 Å². The number of pyridine rings is 1. The molecule has 22 heavy (non-hydrogen) atoms. The summed E-state index contributed by atoms with van der Waals surface area (Å²) in [5.74, 6) is 1.08. The predicted octanol–water partition coefficient (Wildman–Crippen LogP) is 2.50. The minimum Gasteiger partial charge on any atom is -0.497 e. The van der Waals surface area contributed by atoms with Gasteiger partial charge in [0.05, 0.1) is 32.6 Å². The maximum Gasteiger partial charge on any atom is 0.339 e. The molecule has 116 valence electrons. The number of hydrogen-bond donors (Lipinski definition) is 1. The molecule has 1 aromatic carbocycles. The Morgan fingerprint density at radius 1 is 1.14 bits per heavy atom. The molecule has 0 atom stereocenters. The van der Waals surface area contributed by atoms with Crippen molar-refractivity contribution in [2.75, 3.05) is 26.6 Å². The van der Waals surface area contributed by atoms with Crippen molar-refractivity contribution >= 4 is 11.7 Å². The molecule has 0 fully saturated rings. The van der Waals surface area contributed by atoms with Crippen molar-refractivity contribution in [1.29, 1.82) is 0 Å². The van der Waals surface area contributed by atoms with Gasteiger partial charge in [-0.3, -0.25) is 4.98 Å². The fraction of sp³-hybridized carbons (Fsp3) is 0.250. The van der Waals surface area contributed by atoms with Crippen LogP contribution in [0.3, 0.4) is 0 Å². The van der Waals surface area contributed by atoms with E-state index < -0.39 is 5.97 Å². The Morgan fingerprint density at radius 3 is 2.64 bits per heavy atom. The highest BCUT2D eigenvalue weighted by Gasteiger charge is 2.08. The first-order chi connectivity index (χ1) is 10.7. The Morgan fingerprint density at radius 2 is 1.95 bits per heavy atom. The number of benzene rings is 1. The molecule has 0 radical (unpaired) electrons. The topological polar surface area (TPSA) is 69.7 Å². The third kappa shape index (κ3) is 3.66. The van der Waals surface area contributed by atoms with E-state index in [1.807, 2.05) is 18.2 Å². The van der Waals surface area contributed by atoms with E-state index in [-0.39, 0.29) is 0 Å². The molecule has 0 amide bonds. The Hall–Kier alpha value is -2.76. The van der Waals surface area contributed by atoms with Crippen molar-refractivity contribution in [3.63, 3.8) is 0 Å². The van der Waals surface area contributed by atoms with E-state index in [9.17, 15) is 4.79 Å². The largest absolute Gasteiger partial charge is 0.497 e. The van der Waals surface area contributed by atoms with Crippen LogP contribution in [0.5, 0.6) is 11.5 Å². The van der Waals surface area contributed by atoms with Gasteiger partial charge in [-0.25, -0.2) is 4.79 Å². The second-order valence-corrected chi connectivity index (χ2v) is 4.49. The highest BCUT2D eigenvalue weighted by molar-refractivity contribution is 5.89. The molecule has 1 heterocycles. The average Bonchev–Trinajstić information content (AvgIpc) is 2.59. The number of aromatic nitrogens is 1. The lowest BCUT2D eigenvalue weighted by Gasteiger charge is -2.12. The summed E-state index contributed by atoms with van der Waals surface area (Å²) in [6.45, 7) is 0.507. The fourth-order valence-electron chi connectivity index (χ4n) is 1.98. The second kappa shape index (κ2) is 7.31. The Bertz CT molecular complexity index is 658. The Balaban J connectivity index is 2.14. The minimum atomic E-state index is -0.421. The maximum atomic E-state index is 11.5. The van der Waals surface area contributed by atoms with E-state index in [4.69, 9.17) is 9.47 Å². The molecule has 0 spiro atoms. The van der Waals surface area contributed by atoms with Crippen LogP contribution >= 0.6 is 0 Å². The Labute approximate surface area is 129 Å². The van der Waals surface area contributed by atoms with Gasteiger partial charge >= 0.3 is 5.97 Å². The molecule has 1 N–H and O–H groups in total. The third-order valence-corrected chi connectivity index (χ3v) is 3.13. The van der Waals surface area contributed by atoms with Crippen LogP contribution in [0, 0.1) is 0 Å².